The molecule has 2 aromatic rings. The minimum Gasteiger partial charge on any atom is -0.496 e. The van der Waals surface area contributed by atoms with Gasteiger partial charge in [0.25, 0.3) is 0 Å². The molecule has 2 aliphatic heterocycles. The lowest BCUT2D eigenvalue weighted by Gasteiger charge is -2.37. The average Bonchev–Trinajstić information content (AvgIpc) is 3.18. The van der Waals surface area contributed by atoms with Crippen molar-refractivity contribution in [1.82, 2.24) is 9.80 Å². The molecule has 10 heteroatoms. The van der Waals surface area contributed by atoms with Crippen LogP contribution in [0.4, 0.5) is 0 Å². The third-order valence-corrected chi connectivity index (χ3v) is 7.84. The molecule has 4 rings (SSSR count). The molecule has 0 saturated heterocycles. The Morgan fingerprint density at radius 1 is 1.11 bits per heavy atom. The number of allylic oxidation sites excluding steroid dienone is 1. The number of ether oxygens (including phenoxy) is 2. The SMILES string of the molecule is COc1cccc(OC)c1C1C(C(=O)O)=C(C)N=C2SC(c3c(Cl)cccc3Cl)=C(CCN(C)C)N21. The smallest absolute Gasteiger partial charge is 0.335 e. The van der Waals surface area contributed by atoms with E-state index in [0.29, 0.717) is 56.5 Å². The lowest BCUT2D eigenvalue weighted by atomic mass is 9.92. The second kappa shape index (κ2) is 10.8. The molecule has 36 heavy (non-hydrogen) atoms. The van der Waals surface area contributed by atoms with Crippen molar-refractivity contribution in [1.29, 1.82) is 0 Å². The number of fused-ring (bicyclic) bond motifs is 1. The van der Waals surface area contributed by atoms with Crippen LogP contribution in [0, 0.1) is 0 Å². The highest BCUT2D eigenvalue weighted by Crippen LogP contribution is 2.55. The number of hydrogen-bond acceptors (Lipinski definition) is 7. The van der Waals surface area contributed by atoms with Gasteiger partial charge in [-0.1, -0.05) is 35.3 Å². The van der Waals surface area contributed by atoms with Crippen LogP contribution in [-0.4, -0.2) is 60.9 Å². The van der Waals surface area contributed by atoms with E-state index in [0.717, 1.165) is 10.6 Å². The van der Waals surface area contributed by atoms with Gasteiger partial charge in [0.05, 0.1) is 41.1 Å². The number of carboxylic acids is 1. The maximum atomic E-state index is 12.7. The van der Waals surface area contributed by atoms with E-state index in [1.807, 2.05) is 25.1 Å². The van der Waals surface area contributed by atoms with Gasteiger partial charge in [-0.15, -0.1) is 0 Å². The van der Waals surface area contributed by atoms with Crippen LogP contribution in [0.25, 0.3) is 4.91 Å². The van der Waals surface area contributed by atoms with Crippen LogP contribution >= 0.6 is 35.0 Å². The number of carboxylic acid groups (broad SMARTS) is 1. The molecule has 0 spiro atoms. The van der Waals surface area contributed by atoms with Gasteiger partial charge in [0.15, 0.2) is 5.17 Å². The summed E-state index contributed by atoms with van der Waals surface area (Å²) in [5, 5.41) is 12.0. The Balaban J connectivity index is 2.03. The number of halogens is 2. The summed E-state index contributed by atoms with van der Waals surface area (Å²) >= 11 is 14.7. The molecule has 0 aliphatic carbocycles. The Morgan fingerprint density at radius 2 is 1.69 bits per heavy atom. The van der Waals surface area contributed by atoms with Crippen molar-refractivity contribution in [3.8, 4) is 11.5 Å². The molecule has 1 unspecified atom stereocenters. The molecule has 1 N–H and O–H groups in total. The molecule has 2 aromatic carbocycles. The van der Waals surface area contributed by atoms with Crippen LogP contribution in [-0.2, 0) is 4.79 Å². The summed E-state index contributed by atoms with van der Waals surface area (Å²) < 4.78 is 11.4. The number of methoxy groups -OCH3 is 2. The molecule has 0 saturated carbocycles. The van der Waals surface area contributed by atoms with Gasteiger partial charge in [0, 0.05) is 29.1 Å². The molecule has 2 aliphatic rings. The lowest BCUT2D eigenvalue weighted by molar-refractivity contribution is -0.133. The summed E-state index contributed by atoms with van der Waals surface area (Å²) in [4.78, 5) is 22.3. The number of aliphatic imine (C=N–C) groups is 1. The molecular weight excluding hydrogens is 521 g/mol. The first kappa shape index (κ1) is 26.4. The summed E-state index contributed by atoms with van der Waals surface area (Å²) in [5.74, 6) is -0.0175. The van der Waals surface area contributed by atoms with E-state index >= 15 is 0 Å². The largest absolute Gasteiger partial charge is 0.496 e. The fourth-order valence-electron chi connectivity index (χ4n) is 4.47. The first-order valence-corrected chi connectivity index (χ1v) is 12.8. The summed E-state index contributed by atoms with van der Waals surface area (Å²) in [6.07, 6.45) is 0.607. The van der Waals surface area contributed by atoms with E-state index in [4.69, 9.17) is 37.7 Å². The molecule has 7 nitrogen and oxygen atoms in total. The Labute approximate surface area is 225 Å². The Kier molecular flexibility index (Phi) is 7.90. The van der Waals surface area contributed by atoms with Crippen molar-refractivity contribution in [2.24, 2.45) is 4.99 Å². The molecule has 0 fully saturated rings. The Hall–Kier alpha value is -2.65. The third-order valence-electron chi connectivity index (χ3n) is 6.09. The highest BCUT2D eigenvalue weighted by atomic mass is 35.5. The molecule has 190 valence electrons. The molecule has 0 bridgehead atoms. The highest BCUT2D eigenvalue weighted by molar-refractivity contribution is 8.22. The van der Waals surface area contributed by atoms with E-state index in [-0.39, 0.29) is 5.57 Å². The Morgan fingerprint density at radius 3 is 2.22 bits per heavy atom. The zero-order chi connectivity index (χ0) is 26.1. The maximum Gasteiger partial charge on any atom is 0.335 e. The van der Waals surface area contributed by atoms with Gasteiger partial charge in [-0.05, 0) is 57.0 Å². The standard InChI is InChI=1S/C26H27Cl2N3O4S/c1-14-20(25(32)33)23(22-18(34-4)10-7-11-19(22)35-5)31-17(12-13-30(2)3)24(36-26(31)29-14)21-15(27)8-6-9-16(21)28/h6-11,23H,12-13H2,1-5H3,(H,32,33). The van der Waals surface area contributed by atoms with Crippen molar-refractivity contribution >= 4 is 51.0 Å². The summed E-state index contributed by atoms with van der Waals surface area (Å²) in [7, 11) is 7.10. The van der Waals surface area contributed by atoms with Crippen molar-refractivity contribution in [3.63, 3.8) is 0 Å². The van der Waals surface area contributed by atoms with E-state index in [1.165, 1.54) is 11.8 Å². The van der Waals surface area contributed by atoms with Crippen LogP contribution < -0.4 is 9.47 Å². The monoisotopic (exact) mass is 547 g/mol. The van der Waals surface area contributed by atoms with Gasteiger partial charge >= 0.3 is 5.97 Å². The predicted octanol–water partition coefficient (Wildman–Crippen LogP) is 6.15. The van der Waals surface area contributed by atoms with Crippen LogP contribution in [0.3, 0.4) is 0 Å². The van der Waals surface area contributed by atoms with Crippen molar-refractivity contribution in [2.45, 2.75) is 19.4 Å². The van der Waals surface area contributed by atoms with Crippen molar-refractivity contribution in [3.05, 3.63) is 74.5 Å². The fourth-order valence-corrected chi connectivity index (χ4v) is 6.48. The molecule has 0 amide bonds. The number of rotatable bonds is 8. The first-order valence-electron chi connectivity index (χ1n) is 11.2. The second-order valence-corrected chi connectivity index (χ2v) is 10.4. The van der Waals surface area contributed by atoms with Crippen LogP contribution in [0.2, 0.25) is 10.0 Å². The minimum atomic E-state index is -1.06. The van der Waals surface area contributed by atoms with E-state index < -0.39 is 12.0 Å². The summed E-state index contributed by atoms with van der Waals surface area (Å²) in [6.45, 7) is 2.43. The third kappa shape index (κ3) is 4.70. The number of thioether (sulfide) groups is 1. The minimum absolute atomic E-state index is 0.149. The zero-order valence-corrected chi connectivity index (χ0v) is 23.0. The Bertz CT molecular complexity index is 1260. The maximum absolute atomic E-state index is 12.7. The number of amidine groups is 1. The van der Waals surface area contributed by atoms with Gasteiger partial charge in [-0.2, -0.15) is 0 Å². The topological polar surface area (TPSA) is 74.6 Å². The average molecular weight is 548 g/mol. The van der Waals surface area contributed by atoms with Gasteiger partial charge < -0.3 is 24.4 Å². The molecular formula is C26H27Cl2N3O4S. The lowest BCUT2D eigenvalue weighted by Crippen LogP contribution is -2.37. The van der Waals surface area contributed by atoms with Crippen LogP contribution in [0.1, 0.15) is 30.5 Å². The van der Waals surface area contributed by atoms with E-state index in [1.54, 1.807) is 51.5 Å². The van der Waals surface area contributed by atoms with E-state index in [9.17, 15) is 9.90 Å². The predicted molar refractivity (Wildman–Crippen MR) is 146 cm³/mol. The molecule has 1 atom stereocenters. The molecule has 2 heterocycles. The summed E-state index contributed by atoms with van der Waals surface area (Å²) in [5.41, 5.74) is 2.76. The van der Waals surface area contributed by atoms with Gasteiger partial charge in [0.2, 0.25) is 0 Å². The summed E-state index contributed by atoms with van der Waals surface area (Å²) in [6, 6.07) is 10.1. The van der Waals surface area contributed by atoms with Gasteiger partial charge in [0.1, 0.15) is 17.5 Å². The van der Waals surface area contributed by atoms with Crippen LogP contribution in [0.15, 0.2) is 58.4 Å². The van der Waals surface area contributed by atoms with Gasteiger partial charge in [-0.3, -0.25) is 0 Å². The van der Waals surface area contributed by atoms with Crippen LogP contribution in [0.5, 0.6) is 11.5 Å². The molecule has 0 aromatic heterocycles. The first-order chi connectivity index (χ1) is 17.2. The number of benzene rings is 2. The number of carbonyl (C=O) groups is 1. The van der Waals surface area contributed by atoms with Crippen molar-refractivity contribution in [2.75, 3.05) is 34.9 Å². The number of hydrogen-bond donors (Lipinski definition) is 1. The van der Waals surface area contributed by atoms with E-state index in [2.05, 4.69) is 4.90 Å². The number of nitrogens with zero attached hydrogens (tertiary/aromatic N) is 3. The van der Waals surface area contributed by atoms with Gasteiger partial charge in [-0.25, -0.2) is 9.79 Å². The highest BCUT2D eigenvalue weighted by Gasteiger charge is 2.45. The number of aliphatic carboxylic acids is 1. The normalized spacial score (nSPS) is 17.5. The van der Waals surface area contributed by atoms with Crippen molar-refractivity contribution < 1.29 is 19.4 Å². The fraction of sp³-hybridized carbons (Fsp3) is 0.308. The zero-order valence-electron chi connectivity index (χ0n) is 20.6. The molecule has 0 radical (unpaired) electrons. The second-order valence-electron chi connectivity index (χ2n) is 8.58. The quantitative estimate of drug-likeness (QED) is 0.424.